The van der Waals surface area contributed by atoms with Gasteiger partial charge in [0, 0.05) is 47.9 Å². The highest BCUT2D eigenvalue weighted by Crippen LogP contribution is 2.38. The second-order valence-corrected chi connectivity index (χ2v) is 12.7. The highest BCUT2D eigenvalue weighted by atomic mass is 32.2. The van der Waals surface area contributed by atoms with Crippen LogP contribution in [0.5, 0.6) is 0 Å². The summed E-state index contributed by atoms with van der Waals surface area (Å²) < 4.78 is 65.9. The molecule has 9 heteroatoms. The van der Waals surface area contributed by atoms with Crippen LogP contribution in [0.25, 0.3) is 0 Å². The number of nitrogens with zero attached hydrogens (tertiary/aromatic N) is 1. The maximum atomic E-state index is 14.1. The molecule has 38 heavy (non-hydrogen) atoms. The molecule has 0 aromatic carbocycles. The normalized spacial score (nSPS) is 21.8. The van der Waals surface area contributed by atoms with Crippen molar-refractivity contribution in [2.75, 3.05) is 12.0 Å². The second kappa shape index (κ2) is 12.4. The zero-order chi connectivity index (χ0) is 28.1. The standard InChI is InChI=1S/C29H38F3N3O2S/c1-19(17-23-7-6-16-34-28(23)20(2)18-38(4,36)37)26-15-14-24(8-5-9-27(26)29(30,31)32)35-25-12-10-22(11-13-25)21(3)33/h6-9,15-16,20,22,25,35H,1,3,5,10-14,17-18,33H2,2,4H3. The van der Waals surface area contributed by atoms with Crippen molar-refractivity contribution in [1.29, 1.82) is 0 Å². The van der Waals surface area contributed by atoms with Gasteiger partial charge in [0.1, 0.15) is 9.84 Å². The van der Waals surface area contributed by atoms with Crippen molar-refractivity contribution >= 4 is 9.84 Å². The Bertz CT molecular complexity index is 1240. The van der Waals surface area contributed by atoms with Crippen molar-refractivity contribution in [2.24, 2.45) is 11.7 Å². The molecule has 208 valence electrons. The molecule has 2 aliphatic carbocycles. The molecule has 3 rings (SSSR count). The first kappa shape index (κ1) is 29.7. The van der Waals surface area contributed by atoms with Gasteiger partial charge in [-0.1, -0.05) is 44.4 Å². The maximum absolute atomic E-state index is 14.1. The molecule has 0 radical (unpaired) electrons. The molecule has 1 aromatic rings. The average Bonchev–Trinajstić information content (AvgIpc) is 2.79. The van der Waals surface area contributed by atoms with Gasteiger partial charge in [-0.3, -0.25) is 4.98 Å². The summed E-state index contributed by atoms with van der Waals surface area (Å²) >= 11 is 0. The van der Waals surface area contributed by atoms with Gasteiger partial charge in [-0.2, -0.15) is 13.2 Å². The lowest BCUT2D eigenvalue weighted by Crippen LogP contribution is -2.33. The molecule has 1 atom stereocenters. The Hall–Kier alpha value is -2.81. The lowest BCUT2D eigenvalue weighted by molar-refractivity contribution is -0.0893. The van der Waals surface area contributed by atoms with Crippen LogP contribution in [0.3, 0.4) is 0 Å². The minimum Gasteiger partial charge on any atom is -0.402 e. The Kier molecular flexibility index (Phi) is 9.68. The summed E-state index contributed by atoms with van der Waals surface area (Å²) in [7, 11) is -3.26. The zero-order valence-corrected chi connectivity index (χ0v) is 23.0. The molecule has 0 saturated heterocycles. The van der Waals surface area contributed by atoms with E-state index in [0.717, 1.165) is 37.6 Å². The van der Waals surface area contributed by atoms with Gasteiger partial charge in [-0.25, -0.2) is 8.42 Å². The number of rotatable bonds is 9. The fraction of sp³-hybridized carbons (Fsp3) is 0.483. The van der Waals surface area contributed by atoms with E-state index in [9.17, 15) is 21.6 Å². The van der Waals surface area contributed by atoms with E-state index in [0.29, 0.717) is 34.9 Å². The van der Waals surface area contributed by atoms with Crippen LogP contribution in [0.2, 0.25) is 0 Å². The van der Waals surface area contributed by atoms with Gasteiger partial charge in [-0.05, 0) is 67.2 Å². The van der Waals surface area contributed by atoms with E-state index in [-0.39, 0.29) is 30.2 Å². The number of alkyl halides is 3. The Labute approximate surface area is 224 Å². The van der Waals surface area contributed by atoms with E-state index in [1.54, 1.807) is 31.3 Å². The summed E-state index contributed by atoms with van der Waals surface area (Å²) in [5, 5.41) is 3.53. The largest absolute Gasteiger partial charge is 0.416 e. The number of aromatic nitrogens is 1. The maximum Gasteiger partial charge on any atom is 0.416 e. The van der Waals surface area contributed by atoms with Crippen molar-refractivity contribution in [2.45, 2.75) is 70.0 Å². The zero-order valence-electron chi connectivity index (χ0n) is 22.2. The van der Waals surface area contributed by atoms with E-state index in [4.69, 9.17) is 5.73 Å². The molecule has 1 unspecified atom stereocenters. The molecule has 1 aromatic heterocycles. The van der Waals surface area contributed by atoms with Crippen LogP contribution < -0.4 is 11.1 Å². The smallest absolute Gasteiger partial charge is 0.402 e. The van der Waals surface area contributed by atoms with Crippen LogP contribution in [-0.4, -0.2) is 37.6 Å². The SMILES string of the molecule is C=C(Cc1cccnc1C(C)CS(C)(=O)=O)C1=CCC(NC2CCC(C(=C)N)CC2)=CCC=C1C(F)(F)F. The van der Waals surface area contributed by atoms with E-state index in [1.807, 2.05) is 6.08 Å². The minimum absolute atomic E-state index is 0.0682. The van der Waals surface area contributed by atoms with Gasteiger partial charge < -0.3 is 11.1 Å². The molecule has 0 spiro atoms. The monoisotopic (exact) mass is 549 g/mol. The summed E-state index contributed by atoms with van der Waals surface area (Å²) in [6, 6.07) is 3.72. The quantitative estimate of drug-likeness (QED) is 0.392. The molecule has 1 heterocycles. The number of allylic oxidation sites excluding steroid dienone is 7. The summed E-state index contributed by atoms with van der Waals surface area (Å²) in [6.45, 7) is 9.65. The highest BCUT2D eigenvalue weighted by Gasteiger charge is 2.36. The molecule has 0 aliphatic heterocycles. The van der Waals surface area contributed by atoms with E-state index in [1.165, 1.54) is 6.08 Å². The molecule has 3 N–H and O–H groups in total. The number of halogens is 3. The second-order valence-electron chi connectivity index (χ2n) is 10.5. The van der Waals surface area contributed by atoms with Crippen LogP contribution in [0.15, 0.2) is 77.8 Å². The Morgan fingerprint density at radius 3 is 2.47 bits per heavy atom. The van der Waals surface area contributed by atoms with Crippen molar-refractivity contribution in [3.8, 4) is 0 Å². The van der Waals surface area contributed by atoms with Gasteiger partial charge >= 0.3 is 6.18 Å². The van der Waals surface area contributed by atoms with Gasteiger partial charge in [0.05, 0.1) is 11.3 Å². The molecule has 1 saturated carbocycles. The van der Waals surface area contributed by atoms with Crippen molar-refractivity contribution in [3.63, 3.8) is 0 Å². The Morgan fingerprint density at radius 2 is 1.87 bits per heavy atom. The fourth-order valence-electron chi connectivity index (χ4n) is 5.33. The fourth-order valence-corrected chi connectivity index (χ4v) is 6.39. The van der Waals surface area contributed by atoms with E-state index in [2.05, 4.69) is 23.5 Å². The Balaban J connectivity index is 1.81. The van der Waals surface area contributed by atoms with Crippen LogP contribution in [-0.2, 0) is 16.3 Å². The lowest BCUT2D eigenvalue weighted by atomic mass is 9.84. The van der Waals surface area contributed by atoms with Gasteiger partial charge in [0.15, 0.2) is 0 Å². The average molecular weight is 550 g/mol. The molecule has 5 nitrogen and oxygen atoms in total. The predicted octanol–water partition coefficient (Wildman–Crippen LogP) is 6.04. The van der Waals surface area contributed by atoms with Gasteiger partial charge in [0.25, 0.3) is 0 Å². The van der Waals surface area contributed by atoms with E-state index < -0.39 is 27.5 Å². The number of hydrogen-bond donors (Lipinski definition) is 2. The lowest BCUT2D eigenvalue weighted by Gasteiger charge is -2.31. The number of hydrogen-bond acceptors (Lipinski definition) is 5. The number of pyridine rings is 1. The van der Waals surface area contributed by atoms with Gasteiger partial charge in [-0.15, -0.1) is 0 Å². The first-order valence-electron chi connectivity index (χ1n) is 12.9. The van der Waals surface area contributed by atoms with E-state index >= 15 is 0 Å². The van der Waals surface area contributed by atoms with Crippen LogP contribution >= 0.6 is 0 Å². The number of sulfone groups is 1. The van der Waals surface area contributed by atoms with Crippen molar-refractivity contribution < 1.29 is 21.6 Å². The number of nitrogens with two attached hydrogens (primary N) is 1. The van der Waals surface area contributed by atoms with Crippen LogP contribution in [0, 0.1) is 5.92 Å². The predicted molar refractivity (Wildman–Crippen MR) is 147 cm³/mol. The topological polar surface area (TPSA) is 85.1 Å². The summed E-state index contributed by atoms with van der Waals surface area (Å²) in [5.41, 5.74) is 8.39. The first-order chi connectivity index (χ1) is 17.7. The molecule has 0 amide bonds. The third-order valence-electron chi connectivity index (χ3n) is 7.18. The van der Waals surface area contributed by atoms with Crippen LogP contribution in [0.1, 0.15) is 62.6 Å². The van der Waals surface area contributed by atoms with Gasteiger partial charge in [0.2, 0.25) is 0 Å². The third-order valence-corrected chi connectivity index (χ3v) is 8.28. The number of nitrogens with one attached hydrogen (secondary N) is 1. The molecule has 2 aliphatic rings. The van der Waals surface area contributed by atoms with Crippen LogP contribution in [0.4, 0.5) is 13.2 Å². The first-order valence-corrected chi connectivity index (χ1v) is 15.0. The molecular formula is C29H38F3N3O2S. The minimum atomic E-state index is -4.53. The Morgan fingerprint density at radius 1 is 1.18 bits per heavy atom. The van der Waals surface area contributed by atoms with Crippen molar-refractivity contribution in [3.05, 3.63) is 89.1 Å². The summed E-state index contributed by atoms with van der Waals surface area (Å²) in [4.78, 5) is 4.36. The molecular weight excluding hydrogens is 511 g/mol. The van der Waals surface area contributed by atoms with Crippen molar-refractivity contribution in [1.82, 2.24) is 10.3 Å². The molecule has 1 fully saturated rings. The molecule has 0 bridgehead atoms. The highest BCUT2D eigenvalue weighted by molar-refractivity contribution is 7.90. The third kappa shape index (κ3) is 8.35. The summed E-state index contributed by atoms with van der Waals surface area (Å²) in [5.74, 6) is -0.173. The summed E-state index contributed by atoms with van der Waals surface area (Å²) in [6.07, 6.45) is 7.20.